The van der Waals surface area contributed by atoms with Crippen molar-refractivity contribution < 1.29 is 4.79 Å². The van der Waals surface area contributed by atoms with Gasteiger partial charge in [-0.25, -0.2) is 5.84 Å². The van der Waals surface area contributed by atoms with E-state index in [2.05, 4.69) is 23.3 Å². The van der Waals surface area contributed by atoms with Crippen LogP contribution >= 0.6 is 11.3 Å². The van der Waals surface area contributed by atoms with Crippen molar-refractivity contribution >= 4 is 17.2 Å². The maximum absolute atomic E-state index is 11.4. The number of nitrogen functional groups attached to an aromatic ring is 1. The summed E-state index contributed by atoms with van der Waals surface area (Å²) in [4.78, 5) is 15.3. The zero-order chi connectivity index (χ0) is 13.5. The first-order chi connectivity index (χ1) is 8.62. The van der Waals surface area contributed by atoms with Crippen molar-refractivity contribution in [1.29, 1.82) is 5.26 Å². The molecular formula is C12H18N4OS. The summed E-state index contributed by atoms with van der Waals surface area (Å²) in [6, 6.07) is 4.02. The van der Waals surface area contributed by atoms with E-state index in [1.807, 2.05) is 13.0 Å². The minimum absolute atomic E-state index is 0.255. The van der Waals surface area contributed by atoms with Crippen LogP contribution in [0.1, 0.15) is 33.5 Å². The molecule has 0 atom stereocenters. The number of nitrogens with one attached hydrogen (secondary N) is 1. The Bertz CT molecular complexity index is 449. The van der Waals surface area contributed by atoms with Crippen molar-refractivity contribution in [2.45, 2.75) is 26.8 Å². The Morgan fingerprint density at radius 1 is 1.67 bits per heavy atom. The molecule has 5 nitrogen and oxygen atoms in total. The van der Waals surface area contributed by atoms with E-state index in [0.717, 1.165) is 30.1 Å². The third-order valence-electron chi connectivity index (χ3n) is 2.76. The van der Waals surface area contributed by atoms with Crippen LogP contribution in [0.4, 0.5) is 0 Å². The highest BCUT2D eigenvalue weighted by atomic mass is 32.1. The molecular weight excluding hydrogens is 248 g/mol. The lowest BCUT2D eigenvalue weighted by molar-refractivity contribution is 0.0957. The second-order valence-corrected chi connectivity index (χ2v) is 5.20. The van der Waals surface area contributed by atoms with Crippen LogP contribution in [0.2, 0.25) is 0 Å². The quantitative estimate of drug-likeness (QED) is 0.463. The van der Waals surface area contributed by atoms with Crippen molar-refractivity contribution in [1.82, 2.24) is 10.3 Å². The third kappa shape index (κ3) is 3.81. The standard InChI is InChI=1S/C12H18N4OS/c1-3-16(6-4-5-13)8-10-7-11(12(17)15-14)18-9(10)2/h7H,3-4,6,8,14H2,1-2H3,(H,15,17). The van der Waals surface area contributed by atoms with Crippen LogP contribution in [-0.2, 0) is 6.54 Å². The lowest BCUT2D eigenvalue weighted by atomic mass is 10.2. The molecule has 98 valence electrons. The molecule has 0 fully saturated rings. The number of hydrogen-bond donors (Lipinski definition) is 2. The lowest BCUT2D eigenvalue weighted by Gasteiger charge is -2.18. The van der Waals surface area contributed by atoms with Crippen LogP contribution < -0.4 is 11.3 Å². The number of nitrogens with zero attached hydrogens (tertiary/aromatic N) is 2. The van der Waals surface area contributed by atoms with Crippen LogP contribution in [0.3, 0.4) is 0 Å². The van der Waals surface area contributed by atoms with Crippen molar-refractivity contribution in [2.75, 3.05) is 13.1 Å². The lowest BCUT2D eigenvalue weighted by Crippen LogP contribution is -2.29. The van der Waals surface area contributed by atoms with Gasteiger partial charge in [0, 0.05) is 24.4 Å². The molecule has 0 bridgehead atoms. The fourth-order valence-electron chi connectivity index (χ4n) is 1.66. The van der Waals surface area contributed by atoms with E-state index in [-0.39, 0.29) is 5.91 Å². The Kier molecular flexibility index (Phi) is 5.78. The summed E-state index contributed by atoms with van der Waals surface area (Å²) in [7, 11) is 0. The van der Waals surface area contributed by atoms with Gasteiger partial charge in [-0.15, -0.1) is 11.3 Å². The Morgan fingerprint density at radius 3 is 2.94 bits per heavy atom. The normalized spacial score (nSPS) is 10.4. The molecule has 0 aliphatic carbocycles. The van der Waals surface area contributed by atoms with Gasteiger partial charge in [-0.3, -0.25) is 15.1 Å². The first-order valence-electron chi connectivity index (χ1n) is 5.81. The van der Waals surface area contributed by atoms with Crippen LogP contribution in [-0.4, -0.2) is 23.9 Å². The van der Waals surface area contributed by atoms with Gasteiger partial charge in [-0.05, 0) is 25.1 Å². The van der Waals surface area contributed by atoms with E-state index in [1.54, 1.807) is 0 Å². The molecule has 18 heavy (non-hydrogen) atoms. The molecule has 0 aliphatic heterocycles. The molecule has 0 saturated heterocycles. The van der Waals surface area contributed by atoms with E-state index >= 15 is 0 Å². The predicted molar refractivity (Wildman–Crippen MR) is 71.9 cm³/mol. The van der Waals surface area contributed by atoms with E-state index in [4.69, 9.17) is 11.1 Å². The molecule has 1 aromatic rings. The molecule has 1 heterocycles. The summed E-state index contributed by atoms with van der Waals surface area (Å²) in [5, 5.41) is 8.60. The summed E-state index contributed by atoms with van der Waals surface area (Å²) in [5.74, 6) is 4.86. The average molecular weight is 266 g/mol. The van der Waals surface area contributed by atoms with Gasteiger partial charge in [-0.2, -0.15) is 5.26 Å². The summed E-state index contributed by atoms with van der Waals surface area (Å²) >= 11 is 1.44. The first kappa shape index (κ1) is 14.6. The topological polar surface area (TPSA) is 82.2 Å². The van der Waals surface area contributed by atoms with Crippen LogP contribution in [0.15, 0.2) is 6.07 Å². The Labute approximate surface area is 111 Å². The minimum atomic E-state index is -0.255. The first-order valence-corrected chi connectivity index (χ1v) is 6.63. The maximum atomic E-state index is 11.4. The van der Waals surface area contributed by atoms with E-state index < -0.39 is 0 Å². The molecule has 6 heteroatoms. The fraction of sp³-hybridized carbons (Fsp3) is 0.500. The Morgan fingerprint density at radius 2 is 2.39 bits per heavy atom. The summed E-state index contributed by atoms with van der Waals surface area (Å²) in [5.41, 5.74) is 3.26. The van der Waals surface area contributed by atoms with Gasteiger partial charge in [0.2, 0.25) is 0 Å². The molecule has 0 spiro atoms. The van der Waals surface area contributed by atoms with Gasteiger partial charge >= 0.3 is 0 Å². The molecule has 0 radical (unpaired) electrons. The van der Waals surface area contributed by atoms with Gasteiger partial charge in [-0.1, -0.05) is 6.92 Å². The number of hydrazine groups is 1. The number of aryl methyl sites for hydroxylation is 1. The predicted octanol–water partition coefficient (Wildman–Crippen LogP) is 1.40. The van der Waals surface area contributed by atoms with Gasteiger partial charge in [0.25, 0.3) is 5.91 Å². The largest absolute Gasteiger partial charge is 0.298 e. The second-order valence-electron chi connectivity index (χ2n) is 3.94. The van der Waals surface area contributed by atoms with Crippen LogP contribution in [0.25, 0.3) is 0 Å². The highest BCUT2D eigenvalue weighted by Gasteiger charge is 2.13. The van der Waals surface area contributed by atoms with Gasteiger partial charge in [0.1, 0.15) is 0 Å². The number of amides is 1. The third-order valence-corrected chi connectivity index (χ3v) is 3.85. The van der Waals surface area contributed by atoms with Crippen LogP contribution in [0.5, 0.6) is 0 Å². The Hall–Kier alpha value is -1.42. The SMILES string of the molecule is CCN(CCC#N)Cc1cc(C(=O)NN)sc1C. The average Bonchev–Trinajstić information content (AvgIpc) is 2.74. The number of carbonyl (C=O) groups excluding carboxylic acids is 1. The fourth-order valence-corrected chi connectivity index (χ4v) is 2.60. The van der Waals surface area contributed by atoms with E-state index in [9.17, 15) is 4.79 Å². The molecule has 0 unspecified atom stereocenters. The molecule has 0 saturated carbocycles. The zero-order valence-corrected chi connectivity index (χ0v) is 11.5. The van der Waals surface area contributed by atoms with Crippen molar-refractivity contribution in [3.63, 3.8) is 0 Å². The molecule has 1 aromatic heterocycles. The smallest absolute Gasteiger partial charge is 0.275 e. The zero-order valence-electron chi connectivity index (χ0n) is 10.7. The second kappa shape index (κ2) is 7.11. The maximum Gasteiger partial charge on any atom is 0.275 e. The number of nitriles is 1. The van der Waals surface area contributed by atoms with E-state index in [1.165, 1.54) is 11.3 Å². The number of hydrogen-bond acceptors (Lipinski definition) is 5. The summed E-state index contributed by atoms with van der Waals surface area (Å²) in [6.45, 7) is 6.45. The summed E-state index contributed by atoms with van der Waals surface area (Å²) < 4.78 is 0. The number of rotatable bonds is 6. The van der Waals surface area contributed by atoms with Gasteiger partial charge < -0.3 is 0 Å². The van der Waals surface area contributed by atoms with Gasteiger partial charge in [0.15, 0.2) is 0 Å². The monoisotopic (exact) mass is 266 g/mol. The summed E-state index contributed by atoms with van der Waals surface area (Å²) in [6.07, 6.45) is 0.521. The Balaban J connectivity index is 2.74. The number of carbonyl (C=O) groups is 1. The van der Waals surface area contributed by atoms with Crippen molar-refractivity contribution in [2.24, 2.45) is 5.84 Å². The highest BCUT2D eigenvalue weighted by Crippen LogP contribution is 2.22. The van der Waals surface area contributed by atoms with Crippen molar-refractivity contribution in [3.8, 4) is 6.07 Å². The highest BCUT2D eigenvalue weighted by molar-refractivity contribution is 7.14. The molecule has 0 aliphatic rings. The minimum Gasteiger partial charge on any atom is -0.298 e. The van der Waals surface area contributed by atoms with Crippen molar-refractivity contribution in [3.05, 3.63) is 21.4 Å². The molecule has 1 amide bonds. The van der Waals surface area contributed by atoms with E-state index in [0.29, 0.717) is 11.3 Å². The molecule has 3 N–H and O–H groups in total. The van der Waals surface area contributed by atoms with Crippen LogP contribution in [0, 0.1) is 18.3 Å². The van der Waals surface area contributed by atoms with Gasteiger partial charge in [0.05, 0.1) is 10.9 Å². The number of thiophene rings is 1. The number of nitrogens with two attached hydrogens (primary N) is 1. The molecule has 1 rings (SSSR count). The molecule has 0 aromatic carbocycles.